The number of carbonyl (C=O) groups excluding carboxylic acids is 1. The molecule has 1 aromatic rings. The Balaban J connectivity index is 1.60. The highest BCUT2D eigenvalue weighted by Crippen LogP contribution is 2.39. The van der Waals surface area contributed by atoms with Gasteiger partial charge in [0.1, 0.15) is 0 Å². The van der Waals surface area contributed by atoms with Crippen molar-refractivity contribution in [1.82, 2.24) is 5.32 Å². The normalized spacial score (nSPS) is 32.9. The van der Waals surface area contributed by atoms with Crippen LogP contribution in [0, 0.1) is 18.8 Å². The predicted octanol–water partition coefficient (Wildman–Crippen LogP) is 2.62. The fraction of sp³-hybridized carbons (Fsp3) is 0.688. The monoisotopic (exact) mass is 292 g/mol. The summed E-state index contributed by atoms with van der Waals surface area (Å²) in [5, 5.41) is 3.31. The van der Waals surface area contributed by atoms with Crippen LogP contribution in [0.2, 0.25) is 0 Å². The lowest BCUT2D eigenvalue weighted by molar-refractivity contribution is -0.122. The maximum absolute atomic E-state index is 12.3. The zero-order chi connectivity index (χ0) is 14.1. The molecule has 1 heterocycles. The lowest BCUT2D eigenvalue weighted by atomic mass is 9.67. The molecule has 0 spiro atoms. The van der Waals surface area contributed by atoms with Gasteiger partial charge in [0, 0.05) is 21.8 Å². The van der Waals surface area contributed by atoms with Crippen molar-refractivity contribution >= 4 is 17.2 Å². The second kappa shape index (κ2) is 5.86. The maximum atomic E-state index is 12.3. The molecule has 2 aliphatic rings. The van der Waals surface area contributed by atoms with Crippen LogP contribution < -0.4 is 11.1 Å². The first-order valence-corrected chi connectivity index (χ1v) is 8.53. The summed E-state index contributed by atoms with van der Waals surface area (Å²) in [5.74, 6) is 1.39. The lowest BCUT2D eigenvalue weighted by Gasteiger charge is -2.45. The Morgan fingerprint density at radius 3 is 2.65 bits per heavy atom. The summed E-state index contributed by atoms with van der Waals surface area (Å²) in [7, 11) is 0. The number of rotatable bonds is 3. The Hall–Kier alpha value is -0.870. The molecule has 2 unspecified atom stereocenters. The molecular formula is C16H24N2OS. The van der Waals surface area contributed by atoms with Gasteiger partial charge in [0.25, 0.3) is 0 Å². The van der Waals surface area contributed by atoms with E-state index >= 15 is 0 Å². The van der Waals surface area contributed by atoms with Gasteiger partial charge in [-0.3, -0.25) is 4.79 Å². The first kappa shape index (κ1) is 14.1. The molecule has 2 saturated carbocycles. The summed E-state index contributed by atoms with van der Waals surface area (Å²) in [6.07, 6.45) is 6.46. The number of nitrogens with one attached hydrogen (secondary N) is 1. The summed E-state index contributed by atoms with van der Waals surface area (Å²) < 4.78 is 0. The van der Waals surface area contributed by atoms with E-state index in [1.54, 1.807) is 11.3 Å². The van der Waals surface area contributed by atoms with Crippen molar-refractivity contribution in [3.8, 4) is 0 Å². The number of aryl methyl sites for hydroxylation is 1. The molecular weight excluding hydrogens is 268 g/mol. The molecule has 2 fully saturated rings. The largest absolute Gasteiger partial charge is 0.352 e. The average Bonchev–Trinajstić information content (AvgIpc) is 2.76. The highest BCUT2D eigenvalue weighted by Gasteiger charge is 2.39. The highest BCUT2D eigenvalue weighted by atomic mass is 32.1. The third-order valence-corrected chi connectivity index (χ3v) is 5.84. The Kier molecular flexibility index (Phi) is 4.13. The van der Waals surface area contributed by atoms with E-state index in [9.17, 15) is 4.79 Å². The molecule has 4 heteroatoms. The van der Waals surface area contributed by atoms with Crippen molar-refractivity contribution in [2.75, 3.05) is 0 Å². The van der Waals surface area contributed by atoms with Crippen LogP contribution >= 0.6 is 11.3 Å². The second-order valence-corrected chi connectivity index (χ2v) is 7.84. The number of hydrogen-bond acceptors (Lipinski definition) is 3. The standard InChI is InChI=1S/C16H24N2OS/c1-10-5-6-14(20-10)9-15(19)18-16-11-3-2-4-12(16)8-13(17)7-11/h5-6,11-13,16H,2-4,7-9,17H2,1H3,(H,18,19). The van der Waals surface area contributed by atoms with Crippen molar-refractivity contribution in [3.63, 3.8) is 0 Å². The zero-order valence-electron chi connectivity index (χ0n) is 12.1. The summed E-state index contributed by atoms with van der Waals surface area (Å²) in [6.45, 7) is 2.08. The third kappa shape index (κ3) is 3.07. The Labute approximate surface area is 124 Å². The molecule has 2 aliphatic carbocycles. The molecule has 3 rings (SSSR count). The van der Waals surface area contributed by atoms with E-state index < -0.39 is 0 Å². The molecule has 2 atom stereocenters. The van der Waals surface area contributed by atoms with Crippen LogP contribution in [0.5, 0.6) is 0 Å². The van der Waals surface area contributed by atoms with Gasteiger partial charge in [0.15, 0.2) is 0 Å². The van der Waals surface area contributed by atoms with Gasteiger partial charge in [0.2, 0.25) is 5.91 Å². The average molecular weight is 292 g/mol. The Morgan fingerprint density at radius 2 is 2.05 bits per heavy atom. The van der Waals surface area contributed by atoms with Gasteiger partial charge in [0.05, 0.1) is 6.42 Å². The lowest BCUT2D eigenvalue weighted by Crippen LogP contribution is -2.53. The molecule has 0 aromatic carbocycles. The molecule has 0 radical (unpaired) electrons. The van der Waals surface area contributed by atoms with Crippen molar-refractivity contribution < 1.29 is 4.79 Å². The van der Waals surface area contributed by atoms with Gasteiger partial charge in [-0.25, -0.2) is 0 Å². The number of hydrogen-bond donors (Lipinski definition) is 2. The van der Waals surface area contributed by atoms with Crippen LogP contribution in [0.15, 0.2) is 12.1 Å². The molecule has 20 heavy (non-hydrogen) atoms. The molecule has 0 aliphatic heterocycles. The summed E-state index contributed by atoms with van der Waals surface area (Å²) in [5.41, 5.74) is 6.13. The van der Waals surface area contributed by atoms with Crippen LogP contribution in [-0.2, 0) is 11.2 Å². The molecule has 1 amide bonds. The molecule has 2 bridgehead atoms. The van der Waals surface area contributed by atoms with Gasteiger partial charge in [-0.15, -0.1) is 11.3 Å². The quantitative estimate of drug-likeness (QED) is 0.900. The number of carbonyl (C=O) groups is 1. The van der Waals surface area contributed by atoms with E-state index in [0.717, 1.165) is 17.7 Å². The van der Waals surface area contributed by atoms with Crippen molar-refractivity contribution in [3.05, 3.63) is 21.9 Å². The minimum Gasteiger partial charge on any atom is -0.352 e. The van der Waals surface area contributed by atoms with E-state index in [1.165, 1.54) is 24.1 Å². The third-order valence-electron chi connectivity index (χ3n) is 4.84. The van der Waals surface area contributed by atoms with E-state index in [4.69, 9.17) is 5.73 Å². The van der Waals surface area contributed by atoms with Gasteiger partial charge < -0.3 is 11.1 Å². The van der Waals surface area contributed by atoms with Crippen molar-refractivity contribution in [2.24, 2.45) is 17.6 Å². The van der Waals surface area contributed by atoms with Crippen LogP contribution in [0.4, 0.5) is 0 Å². The van der Waals surface area contributed by atoms with Gasteiger partial charge in [-0.05, 0) is 56.6 Å². The Bertz CT molecular complexity index is 471. The minimum absolute atomic E-state index is 0.184. The van der Waals surface area contributed by atoms with E-state index in [0.29, 0.717) is 30.3 Å². The highest BCUT2D eigenvalue weighted by molar-refractivity contribution is 7.12. The van der Waals surface area contributed by atoms with E-state index in [2.05, 4.69) is 24.4 Å². The number of nitrogens with two attached hydrogens (primary N) is 1. The van der Waals surface area contributed by atoms with Gasteiger partial charge in [-0.2, -0.15) is 0 Å². The molecule has 1 aromatic heterocycles. The fourth-order valence-electron chi connectivity index (χ4n) is 4.00. The van der Waals surface area contributed by atoms with Crippen molar-refractivity contribution in [1.29, 1.82) is 0 Å². The summed E-state index contributed by atoms with van der Waals surface area (Å²) >= 11 is 1.72. The fourth-order valence-corrected chi connectivity index (χ4v) is 4.89. The van der Waals surface area contributed by atoms with Crippen LogP contribution in [0.1, 0.15) is 41.9 Å². The van der Waals surface area contributed by atoms with Crippen molar-refractivity contribution in [2.45, 2.75) is 57.5 Å². The van der Waals surface area contributed by atoms with E-state index in [-0.39, 0.29) is 5.91 Å². The topological polar surface area (TPSA) is 55.1 Å². The summed E-state index contributed by atoms with van der Waals surface area (Å²) in [6, 6.07) is 4.87. The van der Waals surface area contributed by atoms with E-state index in [1.807, 2.05) is 0 Å². The van der Waals surface area contributed by atoms with Crippen LogP contribution in [-0.4, -0.2) is 18.0 Å². The number of amides is 1. The predicted molar refractivity (Wildman–Crippen MR) is 82.7 cm³/mol. The minimum atomic E-state index is 0.184. The molecule has 0 saturated heterocycles. The first-order valence-electron chi connectivity index (χ1n) is 7.72. The summed E-state index contributed by atoms with van der Waals surface area (Å²) in [4.78, 5) is 14.7. The zero-order valence-corrected chi connectivity index (χ0v) is 12.9. The molecule has 3 nitrogen and oxygen atoms in total. The SMILES string of the molecule is Cc1ccc(CC(=O)NC2C3CCCC2CC(N)C3)s1. The molecule has 110 valence electrons. The van der Waals surface area contributed by atoms with Crippen LogP contribution in [0.25, 0.3) is 0 Å². The number of fused-ring (bicyclic) bond motifs is 2. The van der Waals surface area contributed by atoms with Crippen LogP contribution in [0.3, 0.4) is 0 Å². The molecule has 3 N–H and O–H groups in total. The Morgan fingerprint density at radius 1 is 1.35 bits per heavy atom. The first-order chi connectivity index (χ1) is 9.61. The maximum Gasteiger partial charge on any atom is 0.225 e. The van der Waals surface area contributed by atoms with Gasteiger partial charge >= 0.3 is 0 Å². The number of thiophene rings is 1. The van der Waals surface area contributed by atoms with Gasteiger partial charge in [-0.1, -0.05) is 6.42 Å². The smallest absolute Gasteiger partial charge is 0.225 e. The second-order valence-electron chi connectivity index (χ2n) is 6.46.